The Morgan fingerprint density at radius 1 is 1.11 bits per heavy atom. The van der Waals surface area contributed by atoms with E-state index in [0.717, 1.165) is 28.2 Å². The van der Waals surface area contributed by atoms with Gasteiger partial charge in [-0.2, -0.15) is 8.42 Å². The van der Waals surface area contributed by atoms with Crippen molar-refractivity contribution in [3.63, 3.8) is 0 Å². The van der Waals surface area contributed by atoms with Gasteiger partial charge in [0.1, 0.15) is 11.5 Å². The first-order valence-corrected chi connectivity index (χ1v) is 10.3. The summed E-state index contributed by atoms with van der Waals surface area (Å²) in [5.74, 6) is 1.30. The summed E-state index contributed by atoms with van der Waals surface area (Å²) in [6.45, 7) is 4.69. The van der Waals surface area contributed by atoms with Crippen LogP contribution in [0.5, 0.6) is 11.5 Å². The molecule has 0 aliphatic heterocycles. The average molecular weight is 396 g/mol. The molecule has 0 atom stereocenters. The number of allylic oxidation sites excluding steroid dienone is 5. The SMILES string of the molecule is COc1cc(OC)cc(\C(C)=C/C(C)=C\C=C\NCCCCS(=O)(=O)O)c1. The van der Waals surface area contributed by atoms with E-state index in [-0.39, 0.29) is 5.75 Å². The largest absolute Gasteiger partial charge is 0.497 e. The number of hydrogen-bond donors (Lipinski definition) is 2. The zero-order chi connectivity index (χ0) is 20.3. The molecular formula is C20H29NO5S. The molecule has 6 nitrogen and oxygen atoms in total. The Kier molecular flexibility index (Phi) is 9.67. The van der Waals surface area contributed by atoms with Crippen LogP contribution in [-0.2, 0) is 10.1 Å². The van der Waals surface area contributed by atoms with Crippen molar-refractivity contribution in [2.75, 3.05) is 26.5 Å². The van der Waals surface area contributed by atoms with Gasteiger partial charge in [0.05, 0.1) is 20.0 Å². The van der Waals surface area contributed by atoms with E-state index in [0.29, 0.717) is 19.4 Å². The van der Waals surface area contributed by atoms with E-state index in [1.54, 1.807) is 14.2 Å². The highest BCUT2D eigenvalue weighted by atomic mass is 32.2. The fourth-order valence-electron chi connectivity index (χ4n) is 2.37. The van der Waals surface area contributed by atoms with Crippen LogP contribution in [0.2, 0.25) is 0 Å². The molecule has 7 heteroatoms. The highest BCUT2D eigenvalue weighted by Crippen LogP contribution is 2.27. The van der Waals surface area contributed by atoms with Crippen molar-refractivity contribution >= 4 is 15.7 Å². The topological polar surface area (TPSA) is 84.9 Å². The summed E-state index contributed by atoms with van der Waals surface area (Å²) in [6.07, 6.45) is 8.86. The van der Waals surface area contributed by atoms with Crippen molar-refractivity contribution in [1.29, 1.82) is 0 Å². The minimum Gasteiger partial charge on any atom is -0.497 e. The molecule has 0 heterocycles. The Hall–Kier alpha value is -2.25. The van der Waals surface area contributed by atoms with Gasteiger partial charge in [0, 0.05) is 12.6 Å². The van der Waals surface area contributed by atoms with Gasteiger partial charge in [0.15, 0.2) is 0 Å². The normalized spacial score (nSPS) is 13.1. The molecule has 1 aromatic rings. The van der Waals surface area contributed by atoms with Crippen LogP contribution in [0.3, 0.4) is 0 Å². The fraction of sp³-hybridized carbons (Fsp3) is 0.400. The second kappa shape index (κ2) is 11.5. The van der Waals surface area contributed by atoms with Gasteiger partial charge in [0.25, 0.3) is 10.1 Å². The molecule has 0 amide bonds. The molecule has 0 saturated carbocycles. The number of benzene rings is 1. The molecule has 150 valence electrons. The highest BCUT2D eigenvalue weighted by molar-refractivity contribution is 7.85. The first kappa shape index (κ1) is 22.8. The third kappa shape index (κ3) is 9.86. The van der Waals surface area contributed by atoms with Crippen LogP contribution in [0.15, 0.2) is 48.2 Å². The third-order valence-electron chi connectivity index (χ3n) is 3.80. The lowest BCUT2D eigenvalue weighted by molar-refractivity contribution is 0.394. The highest BCUT2D eigenvalue weighted by Gasteiger charge is 2.04. The van der Waals surface area contributed by atoms with Crippen molar-refractivity contribution in [3.8, 4) is 11.5 Å². The van der Waals surface area contributed by atoms with Gasteiger partial charge in [-0.05, 0) is 62.2 Å². The predicted octanol–water partition coefficient (Wildman–Crippen LogP) is 3.82. The van der Waals surface area contributed by atoms with Crippen molar-refractivity contribution in [2.45, 2.75) is 26.7 Å². The van der Waals surface area contributed by atoms with Crippen LogP contribution in [0.25, 0.3) is 5.57 Å². The lowest BCUT2D eigenvalue weighted by Crippen LogP contribution is -2.10. The van der Waals surface area contributed by atoms with Crippen molar-refractivity contribution < 1.29 is 22.4 Å². The van der Waals surface area contributed by atoms with E-state index in [4.69, 9.17) is 14.0 Å². The summed E-state index contributed by atoms with van der Waals surface area (Å²) in [5.41, 5.74) is 3.20. The average Bonchev–Trinajstić information content (AvgIpc) is 2.62. The predicted molar refractivity (Wildman–Crippen MR) is 110 cm³/mol. The van der Waals surface area contributed by atoms with Crippen LogP contribution >= 0.6 is 0 Å². The molecule has 0 saturated heterocycles. The van der Waals surface area contributed by atoms with Gasteiger partial charge >= 0.3 is 0 Å². The Bertz CT molecular complexity index is 772. The van der Waals surface area contributed by atoms with E-state index < -0.39 is 10.1 Å². The summed E-state index contributed by atoms with van der Waals surface area (Å²) in [5, 5.41) is 3.09. The standard InChI is InChI=1S/C20H29NO5S/c1-16(8-7-10-21-9-5-6-11-27(22,23)24)12-17(2)18-13-19(25-3)15-20(14-18)26-4/h7-8,10,12-15,21H,5-6,9,11H2,1-4H3,(H,22,23,24)/b10-7+,16-8-,17-12-. The number of nitrogens with one attached hydrogen (secondary N) is 1. The number of rotatable bonds is 11. The van der Waals surface area contributed by atoms with Crippen LogP contribution in [0.1, 0.15) is 32.3 Å². The summed E-state index contributed by atoms with van der Waals surface area (Å²) in [4.78, 5) is 0. The molecule has 0 unspecified atom stereocenters. The molecular weight excluding hydrogens is 366 g/mol. The zero-order valence-electron chi connectivity index (χ0n) is 16.4. The minimum absolute atomic E-state index is 0.198. The maximum atomic E-state index is 10.6. The van der Waals surface area contributed by atoms with Crippen LogP contribution in [-0.4, -0.2) is 39.5 Å². The van der Waals surface area contributed by atoms with E-state index in [1.807, 2.05) is 50.4 Å². The van der Waals surface area contributed by atoms with Gasteiger partial charge in [-0.25, -0.2) is 0 Å². The first-order chi connectivity index (χ1) is 12.7. The van der Waals surface area contributed by atoms with Gasteiger partial charge in [-0.1, -0.05) is 17.7 Å². The molecule has 0 fully saturated rings. The van der Waals surface area contributed by atoms with Gasteiger partial charge in [-0.3, -0.25) is 4.55 Å². The maximum Gasteiger partial charge on any atom is 0.264 e. The van der Waals surface area contributed by atoms with Gasteiger partial charge < -0.3 is 14.8 Å². The van der Waals surface area contributed by atoms with E-state index in [1.165, 1.54) is 0 Å². The number of hydrogen-bond acceptors (Lipinski definition) is 5. The van der Waals surface area contributed by atoms with Crippen molar-refractivity contribution in [3.05, 3.63) is 53.8 Å². The molecule has 0 aliphatic carbocycles. The monoisotopic (exact) mass is 395 g/mol. The lowest BCUT2D eigenvalue weighted by atomic mass is 10.0. The van der Waals surface area contributed by atoms with Crippen molar-refractivity contribution in [1.82, 2.24) is 5.32 Å². The molecule has 0 radical (unpaired) electrons. The number of unbranched alkanes of at least 4 members (excludes halogenated alkanes) is 1. The Labute approximate surface area is 162 Å². The molecule has 1 aromatic carbocycles. The second-order valence-corrected chi connectivity index (χ2v) is 7.72. The first-order valence-electron chi connectivity index (χ1n) is 8.69. The number of ether oxygens (including phenoxy) is 2. The molecule has 0 aromatic heterocycles. The summed E-state index contributed by atoms with van der Waals surface area (Å²) in [6, 6.07) is 5.76. The maximum absolute atomic E-state index is 10.6. The fourth-order valence-corrected chi connectivity index (χ4v) is 2.94. The third-order valence-corrected chi connectivity index (χ3v) is 4.60. The lowest BCUT2D eigenvalue weighted by Gasteiger charge is -2.09. The second-order valence-electron chi connectivity index (χ2n) is 6.15. The molecule has 2 N–H and O–H groups in total. The smallest absolute Gasteiger partial charge is 0.264 e. The van der Waals surface area contributed by atoms with Crippen LogP contribution in [0, 0.1) is 0 Å². The Morgan fingerprint density at radius 2 is 1.74 bits per heavy atom. The zero-order valence-corrected chi connectivity index (χ0v) is 17.2. The van der Waals surface area contributed by atoms with E-state index in [9.17, 15) is 8.42 Å². The van der Waals surface area contributed by atoms with E-state index >= 15 is 0 Å². The quantitative estimate of drug-likeness (QED) is 0.337. The Balaban J connectivity index is 2.57. The van der Waals surface area contributed by atoms with E-state index in [2.05, 4.69) is 11.4 Å². The number of methoxy groups -OCH3 is 2. The summed E-state index contributed by atoms with van der Waals surface area (Å²) >= 11 is 0. The van der Waals surface area contributed by atoms with Gasteiger partial charge in [-0.15, -0.1) is 0 Å². The van der Waals surface area contributed by atoms with Crippen molar-refractivity contribution in [2.24, 2.45) is 0 Å². The molecule has 0 aliphatic rings. The Morgan fingerprint density at radius 3 is 2.30 bits per heavy atom. The molecule has 0 spiro atoms. The van der Waals surface area contributed by atoms with Gasteiger partial charge in [0.2, 0.25) is 0 Å². The summed E-state index contributed by atoms with van der Waals surface area (Å²) < 4.78 is 40.4. The minimum atomic E-state index is -3.85. The molecule has 1 rings (SSSR count). The molecule has 27 heavy (non-hydrogen) atoms. The van der Waals surface area contributed by atoms with Crippen LogP contribution in [0.4, 0.5) is 0 Å². The molecule has 0 bridgehead atoms. The summed E-state index contributed by atoms with van der Waals surface area (Å²) in [7, 11) is -0.597. The van der Waals surface area contributed by atoms with Crippen LogP contribution < -0.4 is 14.8 Å².